The maximum atomic E-state index is 12.3. The van der Waals surface area contributed by atoms with Gasteiger partial charge in [0.05, 0.1) is 25.2 Å². The van der Waals surface area contributed by atoms with E-state index in [9.17, 15) is 4.79 Å². The summed E-state index contributed by atoms with van der Waals surface area (Å²) in [6.07, 6.45) is 1.82. The summed E-state index contributed by atoms with van der Waals surface area (Å²) in [5, 5.41) is 1.40. The quantitative estimate of drug-likeness (QED) is 0.643. The number of amidine groups is 1. The van der Waals surface area contributed by atoms with Gasteiger partial charge in [-0.1, -0.05) is 35.9 Å². The van der Waals surface area contributed by atoms with E-state index in [0.717, 1.165) is 29.4 Å². The Morgan fingerprint density at radius 2 is 2.00 bits per heavy atom. The van der Waals surface area contributed by atoms with Crippen LogP contribution in [0.25, 0.3) is 6.08 Å². The van der Waals surface area contributed by atoms with Crippen molar-refractivity contribution in [3.05, 3.63) is 63.5 Å². The van der Waals surface area contributed by atoms with Crippen molar-refractivity contribution >= 4 is 40.5 Å². The summed E-state index contributed by atoms with van der Waals surface area (Å²) >= 11 is 7.58. The van der Waals surface area contributed by atoms with Crippen LogP contribution in [0, 0.1) is 0 Å². The van der Waals surface area contributed by atoms with Gasteiger partial charge in [0.2, 0.25) is 0 Å². The van der Waals surface area contributed by atoms with Gasteiger partial charge in [-0.2, -0.15) is 4.99 Å². The average molecular weight is 445 g/mol. The predicted octanol–water partition coefficient (Wildman–Crippen LogP) is 4.23. The first kappa shape index (κ1) is 20.8. The van der Waals surface area contributed by atoms with Crippen LogP contribution in [0.5, 0.6) is 11.5 Å². The Hall–Kier alpha value is -2.48. The van der Waals surface area contributed by atoms with Gasteiger partial charge in [-0.15, -0.1) is 0 Å². The molecule has 2 aromatic rings. The van der Waals surface area contributed by atoms with Gasteiger partial charge in [0.1, 0.15) is 6.61 Å². The molecule has 1 fully saturated rings. The number of nitrogens with zero attached hydrogens (tertiary/aromatic N) is 2. The van der Waals surface area contributed by atoms with Gasteiger partial charge >= 0.3 is 0 Å². The van der Waals surface area contributed by atoms with Crippen LogP contribution >= 0.6 is 23.4 Å². The Morgan fingerprint density at radius 1 is 1.20 bits per heavy atom. The standard InChI is InChI=1S/C22H21ClN2O4S/c1-27-19-12-15(6-7-18(19)29-14-16-4-2-3-5-17(16)23)13-20-21(26)24-22(30-20)25-8-10-28-11-9-25/h2-7,12-13H,8-11,14H2,1H3/b20-13+. The summed E-state index contributed by atoms with van der Waals surface area (Å²) in [4.78, 5) is 19.2. The van der Waals surface area contributed by atoms with Crippen LogP contribution < -0.4 is 9.47 Å². The van der Waals surface area contributed by atoms with Gasteiger partial charge in [-0.25, -0.2) is 0 Å². The lowest BCUT2D eigenvalue weighted by Gasteiger charge is -2.27. The van der Waals surface area contributed by atoms with Gasteiger partial charge in [0.25, 0.3) is 5.91 Å². The Bertz CT molecular complexity index is 1000. The topological polar surface area (TPSA) is 60.4 Å². The number of hydrogen-bond donors (Lipinski definition) is 0. The molecule has 1 saturated heterocycles. The molecule has 0 N–H and O–H groups in total. The zero-order valence-corrected chi connectivity index (χ0v) is 18.0. The molecule has 0 saturated carbocycles. The minimum absolute atomic E-state index is 0.223. The van der Waals surface area contributed by atoms with E-state index >= 15 is 0 Å². The van der Waals surface area contributed by atoms with Crippen molar-refractivity contribution in [1.29, 1.82) is 0 Å². The van der Waals surface area contributed by atoms with Gasteiger partial charge in [0, 0.05) is 23.7 Å². The smallest absolute Gasteiger partial charge is 0.286 e. The predicted molar refractivity (Wildman–Crippen MR) is 119 cm³/mol. The van der Waals surface area contributed by atoms with E-state index in [1.807, 2.05) is 48.5 Å². The second-order valence-electron chi connectivity index (χ2n) is 6.70. The summed E-state index contributed by atoms with van der Waals surface area (Å²) in [5.74, 6) is 0.968. The second-order valence-corrected chi connectivity index (χ2v) is 8.12. The highest BCUT2D eigenvalue weighted by Crippen LogP contribution is 2.34. The maximum absolute atomic E-state index is 12.3. The fraction of sp³-hybridized carbons (Fsp3) is 0.273. The minimum Gasteiger partial charge on any atom is -0.493 e. The van der Waals surface area contributed by atoms with E-state index in [1.165, 1.54) is 11.8 Å². The Labute approximate surface area is 184 Å². The van der Waals surface area contributed by atoms with Gasteiger partial charge < -0.3 is 19.1 Å². The maximum Gasteiger partial charge on any atom is 0.286 e. The number of carbonyl (C=O) groups is 1. The first-order valence-corrected chi connectivity index (χ1v) is 10.7. The molecular weight excluding hydrogens is 424 g/mol. The third-order valence-corrected chi connectivity index (χ3v) is 6.13. The molecule has 1 amide bonds. The highest BCUT2D eigenvalue weighted by Gasteiger charge is 2.27. The molecule has 6 nitrogen and oxygen atoms in total. The summed E-state index contributed by atoms with van der Waals surface area (Å²) in [7, 11) is 1.59. The van der Waals surface area contributed by atoms with E-state index in [0.29, 0.717) is 41.2 Å². The third kappa shape index (κ3) is 4.80. The number of halogens is 1. The third-order valence-electron chi connectivity index (χ3n) is 4.72. The number of rotatable bonds is 5. The van der Waals surface area contributed by atoms with Crippen LogP contribution in [0.15, 0.2) is 52.4 Å². The van der Waals surface area contributed by atoms with Crippen molar-refractivity contribution in [1.82, 2.24) is 4.90 Å². The highest BCUT2D eigenvalue weighted by atomic mass is 35.5. The number of hydrogen-bond acceptors (Lipinski definition) is 6. The molecule has 0 unspecified atom stereocenters. The molecule has 156 valence electrons. The SMILES string of the molecule is COc1cc(/C=C2/SC(N3CCOCC3)=NC2=O)ccc1OCc1ccccc1Cl. The molecule has 0 bridgehead atoms. The van der Waals surface area contributed by atoms with Gasteiger partial charge in [-0.05, 0) is 41.6 Å². The molecule has 2 aliphatic heterocycles. The molecule has 0 aromatic heterocycles. The monoisotopic (exact) mass is 444 g/mol. The van der Waals surface area contributed by atoms with Crippen molar-refractivity contribution in [2.75, 3.05) is 33.4 Å². The summed E-state index contributed by atoms with van der Waals surface area (Å²) in [5.41, 5.74) is 1.74. The highest BCUT2D eigenvalue weighted by molar-refractivity contribution is 8.18. The molecule has 2 heterocycles. The van der Waals surface area contributed by atoms with Gasteiger partial charge in [-0.3, -0.25) is 4.79 Å². The van der Waals surface area contributed by atoms with Crippen LogP contribution in [-0.4, -0.2) is 49.4 Å². The number of benzene rings is 2. The van der Waals surface area contributed by atoms with Crippen LogP contribution in [-0.2, 0) is 16.1 Å². The minimum atomic E-state index is -0.223. The van der Waals surface area contributed by atoms with Gasteiger partial charge in [0.15, 0.2) is 16.7 Å². The molecule has 0 spiro atoms. The number of methoxy groups -OCH3 is 1. The second kappa shape index (κ2) is 9.55. The van der Waals surface area contributed by atoms with Crippen molar-refractivity contribution in [2.45, 2.75) is 6.61 Å². The number of thioether (sulfide) groups is 1. The molecule has 0 atom stereocenters. The van der Waals surface area contributed by atoms with Crippen LogP contribution in [0.2, 0.25) is 5.02 Å². The van der Waals surface area contributed by atoms with Crippen LogP contribution in [0.1, 0.15) is 11.1 Å². The average Bonchev–Trinajstić information content (AvgIpc) is 3.14. The first-order chi connectivity index (χ1) is 14.6. The summed E-state index contributed by atoms with van der Waals surface area (Å²) < 4.78 is 16.7. The molecule has 2 aromatic carbocycles. The lowest BCUT2D eigenvalue weighted by molar-refractivity contribution is -0.113. The largest absolute Gasteiger partial charge is 0.493 e. The molecule has 2 aliphatic rings. The number of amides is 1. The Balaban J connectivity index is 1.46. The van der Waals surface area contributed by atoms with Crippen LogP contribution in [0.4, 0.5) is 0 Å². The van der Waals surface area contributed by atoms with E-state index in [-0.39, 0.29) is 5.91 Å². The molecule has 30 heavy (non-hydrogen) atoms. The molecule has 0 aliphatic carbocycles. The van der Waals surface area contributed by atoms with E-state index < -0.39 is 0 Å². The van der Waals surface area contributed by atoms with Crippen LogP contribution in [0.3, 0.4) is 0 Å². The Kier molecular flexibility index (Phi) is 6.62. The normalized spacial score (nSPS) is 17.9. The van der Waals surface area contributed by atoms with E-state index in [1.54, 1.807) is 7.11 Å². The van der Waals surface area contributed by atoms with Crippen molar-refractivity contribution in [3.63, 3.8) is 0 Å². The molecular formula is C22H21ClN2O4S. The summed E-state index contributed by atoms with van der Waals surface area (Å²) in [6.45, 7) is 3.14. The van der Waals surface area contributed by atoms with E-state index in [2.05, 4.69) is 9.89 Å². The summed E-state index contributed by atoms with van der Waals surface area (Å²) in [6, 6.07) is 13.1. The number of carbonyl (C=O) groups excluding carboxylic acids is 1. The van der Waals surface area contributed by atoms with Crippen molar-refractivity contribution in [2.24, 2.45) is 4.99 Å². The lowest BCUT2D eigenvalue weighted by Crippen LogP contribution is -2.38. The van der Waals surface area contributed by atoms with Crippen molar-refractivity contribution in [3.8, 4) is 11.5 Å². The van der Waals surface area contributed by atoms with E-state index in [4.69, 9.17) is 25.8 Å². The fourth-order valence-corrected chi connectivity index (χ4v) is 4.26. The first-order valence-electron chi connectivity index (χ1n) is 9.53. The molecule has 8 heteroatoms. The zero-order chi connectivity index (χ0) is 20.9. The zero-order valence-electron chi connectivity index (χ0n) is 16.5. The number of ether oxygens (including phenoxy) is 3. The fourth-order valence-electron chi connectivity index (χ4n) is 3.10. The number of aliphatic imine (C=N–C) groups is 1. The number of morpholine rings is 1. The lowest BCUT2D eigenvalue weighted by atomic mass is 10.2. The molecule has 0 radical (unpaired) electrons. The Morgan fingerprint density at radius 3 is 2.77 bits per heavy atom. The molecule has 4 rings (SSSR count). The van der Waals surface area contributed by atoms with Crippen molar-refractivity contribution < 1.29 is 19.0 Å².